The van der Waals surface area contributed by atoms with Crippen molar-refractivity contribution in [3.8, 4) is 0 Å². The molecule has 0 bridgehead atoms. The van der Waals surface area contributed by atoms with E-state index in [2.05, 4.69) is 4.98 Å². The fourth-order valence-electron chi connectivity index (χ4n) is 1.93. The van der Waals surface area contributed by atoms with Crippen molar-refractivity contribution in [2.45, 2.75) is 12.8 Å². The first-order valence-corrected chi connectivity index (χ1v) is 5.25. The minimum Gasteiger partial charge on any atom is -0.481 e. The molecule has 2 aromatic rings. The maximum absolute atomic E-state index is 13.7. The minimum absolute atomic E-state index is 0.0299. The summed E-state index contributed by atoms with van der Waals surface area (Å²) in [5, 5.41) is 17.8. The lowest BCUT2D eigenvalue weighted by Crippen LogP contribution is -2.04. The number of aliphatic carboxylic acids is 1. The van der Waals surface area contributed by atoms with Crippen LogP contribution in [0.3, 0.4) is 0 Å². The Labute approximate surface area is 101 Å². The van der Waals surface area contributed by atoms with E-state index in [4.69, 9.17) is 10.2 Å². The van der Waals surface area contributed by atoms with Crippen LogP contribution in [0.1, 0.15) is 22.5 Å². The largest absolute Gasteiger partial charge is 0.481 e. The number of aromatic carboxylic acids is 1. The van der Waals surface area contributed by atoms with Crippen molar-refractivity contribution in [2.24, 2.45) is 0 Å². The number of rotatable bonds is 4. The monoisotopic (exact) mass is 251 g/mol. The number of carboxylic acid groups (broad SMARTS) is 2. The predicted molar refractivity (Wildman–Crippen MR) is 61.2 cm³/mol. The second kappa shape index (κ2) is 4.48. The van der Waals surface area contributed by atoms with Crippen LogP contribution in [0.25, 0.3) is 10.9 Å². The number of hydrogen-bond donors (Lipinski definition) is 3. The van der Waals surface area contributed by atoms with Crippen molar-refractivity contribution in [3.63, 3.8) is 0 Å². The summed E-state index contributed by atoms with van der Waals surface area (Å²) in [4.78, 5) is 24.2. The Hall–Kier alpha value is -2.37. The molecule has 6 heteroatoms. The van der Waals surface area contributed by atoms with Crippen molar-refractivity contribution in [1.82, 2.24) is 4.98 Å². The van der Waals surface area contributed by atoms with Gasteiger partial charge in [-0.1, -0.05) is 6.07 Å². The molecule has 1 aromatic carbocycles. The smallest absolute Gasteiger partial charge is 0.352 e. The molecule has 0 fully saturated rings. The highest BCUT2D eigenvalue weighted by atomic mass is 19.1. The van der Waals surface area contributed by atoms with E-state index in [9.17, 15) is 14.0 Å². The van der Waals surface area contributed by atoms with Gasteiger partial charge in [-0.2, -0.15) is 0 Å². The first-order chi connectivity index (χ1) is 8.50. The number of halogens is 1. The first kappa shape index (κ1) is 12.1. The van der Waals surface area contributed by atoms with Gasteiger partial charge in [0.25, 0.3) is 0 Å². The average molecular weight is 251 g/mol. The van der Waals surface area contributed by atoms with Crippen LogP contribution in [-0.2, 0) is 11.2 Å². The van der Waals surface area contributed by atoms with E-state index in [1.807, 2.05) is 0 Å². The number of aromatic nitrogens is 1. The average Bonchev–Trinajstić information content (AvgIpc) is 2.66. The Kier molecular flexibility index (Phi) is 3.01. The van der Waals surface area contributed by atoms with Crippen LogP contribution in [0.15, 0.2) is 18.2 Å². The van der Waals surface area contributed by atoms with Gasteiger partial charge < -0.3 is 15.2 Å². The van der Waals surface area contributed by atoms with Gasteiger partial charge in [-0.05, 0) is 24.1 Å². The summed E-state index contributed by atoms with van der Waals surface area (Å²) < 4.78 is 13.7. The van der Waals surface area contributed by atoms with Crippen molar-refractivity contribution in [3.05, 3.63) is 35.3 Å². The van der Waals surface area contributed by atoms with Crippen molar-refractivity contribution in [1.29, 1.82) is 0 Å². The molecule has 18 heavy (non-hydrogen) atoms. The fraction of sp³-hybridized carbons (Fsp3) is 0.167. The van der Waals surface area contributed by atoms with E-state index < -0.39 is 17.8 Å². The molecule has 0 spiro atoms. The highest BCUT2D eigenvalue weighted by Crippen LogP contribution is 2.26. The van der Waals surface area contributed by atoms with Gasteiger partial charge in [0, 0.05) is 17.3 Å². The quantitative estimate of drug-likeness (QED) is 0.775. The number of fused-ring (bicyclic) bond motifs is 1. The number of hydrogen-bond acceptors (Lipinski definition) is 2. The maximum atomic E-state index is 13.7. The normalized spacial score (nSPS) is 10.7. The Morgan fingerprint density at radius 1 is 1.28 bits per heavy atom. The van der Waals surface area contributed by atoms with Crippen LogP contribution in [0.2, 0.25) is 0 Å². The molecule has 94 valence electrons. The van der Waals surface area contributed by atoms with E-state index in [1.54, 1.807) is 6.07 Å². The lowest BCUT2D eigenvalue weighted by atomic mass is 10.0. The van der Waals surface area contributed by atoms with Gasteiger partial charge in [-0.3, -0.25) is 4.79 Å². The molecule has 0 radical (unpaired) electrons. The summed E-state index contributed by atoms with van der Waals surface area (Å²) >= 11 is 0. The van der Waals surface area contributed by atoms with Gasteiger partial charge in [-0.15, -0.1) is 0 Å². The molecule has 0 unspecified atom stereocenters. The molecular weight excluding hydrogens is 241 g/mol. The summed E-state index contributed by atoms with van der Waals surface area (Å²) in [6.07, 6.45) is -0.278. The second-order valence-electron chi connectivity index (χ2n) is 3.84. The Balaban J connectivity index is 2.61. The molecule has 0 saturated heterocycles. The van der Waals surface area contributed by atoms with Gasteiger partial charge in [0.1, 0.15) is 11.5 Å². The number of carbonyl (C=O) groups is 2. The number of aromatic amines is 1. The van der Waals surface area contributed by atoms with Crippen molar-refractivity contribution in [2.75, 3.05) is 0 Å². The Bertz CT molecular complexity index is 632. The topological polar surface area (TPSA) is 90.4 Å². The summed E-state index contributed by atoms with van der Waals surface area (Å²) in [6.45, 7) is 0. The summed E-state index contributed by atoms with van der Waals surface area (Å²) in [5.74, 6) is -2.85. The zero-order valence-corrected chi connectivity index (χ0v) is 9.24. The molecular formula is C12H10FNO4. The maximum Gasteiger partial charge on any atom is 0.352 e. The zero-order valence-electron chi connectivity index (χ0n) is 9.24. The van der Waals surface area contributed by atoms with Crippen LogP contribution >= 0.6 is 0 Å². The van der Waals surface area contributed by atoms with Crippen molar-refractivity contribution >= 4 is 22.8 Å². The Morgan fingerprint density at radius 3 is 2.61 bits per heavy atom. The predicted octanol–water partition coefficient (Wildman–Crippen LogP) is 2.02. The van der Waals surface area contributed by atoms with Gasteiger partial charge in [0.2, 0.25) is 0 Å². The molecule has 1 aromatic heterocycles. The summed E-state index contributed by atoms with van der Waals surface area (Å²) in [5.41, 5.74) is 0.391. The van der Waals surface area contributed by atoms with Crippen LogP contribution in [0.4, 0.5) is 4.39 Å². The van der Waals surface area contributed by atoms with Gasteiger partial charge in [0.05, 0.1) is 0 Å². The summed E-state index contributed by atoms with van der Waals surface area (Å²) in [6, 6.07) is 4.22. The van der Waals surface area contributed by atoms with Gasteiger partial charge in [-0.25, -0.2) is 9.18 Å². The van der Waals surface area contributed by atoms with E-state index in [1.165, 1.54) is 12.1 Å². The molecule has 5 nitrogen and oxygen atoms in total. The third-order valence-electron chi connectivity index (χ3n) is 2.68. The number of nitrogens with one attached hydrogen (secondary N) is 1. The lowest BCUT2D eigenvalue weighted by molar-refractivity contribution is -0.136. The number of carboxylic acids is 2. The van der Waals surface area contributed by atoms with E-state index in [-0.39, 0.29) is 29.5 Å². The Morgan fingerprint density at radius 2 is 2.00 bits per heavy atom. The molecule has 0 amide bonds. The number of aryl methyl sites for hydroxylation is 1. The van der Waals surface area contributed by atoms with Gasteiger partial charge >= 0.3 is 11.9 Å². The third-order valence-corrected chi connectivity index (χ3v) is 2.68. The molecule has 0 aliphatic rings. The molecule has 0 aliphatic heterocycles. The van der Waals surface area contributed by atoms with Gasteiger partial charge in [0.15, 0.2) is 0 Å². The van der Waals surface area contributed by atoms with E-state index in [0.29, 0.717) is 5.52 Å². The lowest BCUT2D eigenvalue weighted by Gasteiger charge is -2.00. The van der Waals surface area contributed by atoms with Crippen molar-refractivity contribution < 1.29 is 24.2 Å². The summed E-state index contributed by atoms with van der Waals surface area (Å²) in [7, 11) is 0. The number of H-pyrrole nitrogens is 1. The highest BCUT2D eigenvalue weighted by molar-refractivity contribution is 5.97. The third kappa shape index (κ3) is 2.04. The molecule has 1 heterocycles. The molecule has 0 aliphatic carbocycles. The van der Waals surface area contributed by atoms with E-state index in [0.717, 1.165) is 0 Å². The standard InChI is InChI=1S/C12H10FNO4/c13-7-2-1-3-8-10(7)6(4-5-9(15)16)11(14-8)12(17)18/h1-3,14H,4-5H2,(H,15,16)(H,17,18). The van der Waals surface area contributed by atoms with E-state index >= 15 is 0 Å². The molecule has 0 atom stereocenters. The molecule has 3 N–H and O–H groups in total. The second-order valence-corrected chi connectivity index (χ2v) is 3.84. The molecule has 2 rings (SSSR count). The van der Waals surface area contributed by atoms with Crippen LogP contribution in [-0.4, -0.2) is 27.1 Å². The van der Waals surface area contributed by atoms with Crippen LogP contribution in [0, 0.1) is 5.82 Å². The number of benzene rings is 1. The van der Waals surface area contributed by atoms with Crippen LogP contribution in [0.5, 0.6) is 0 Å². The minimum atomic E-state index is -1.23. The first-order valence-electron chi connectivity index (χ1n) is 5.25. The molecule has 0 saturated carbocycles. The zero-order chi connectivity index (χ0) is 13.3. The fourth-order valence-corrected chi connectivity index (χ4v) is 1.93. The highest BCUT2D eigenvalue weighted by Gasteiger charge is 2.19. The SMILES string of the molecule is O=C(O)CCc1c(C(=O)O)[nH]c2cccc(F)c12. The van der Waals surface area contributed by atoms with Crippen LogP contribution < -0.4 is 0 Å².